The molecule has 1 amide bonds. The Labute approximate surface area is 117 Å². The van der Waals surface area contributed by atoms with Crippen LogP contribution in [0, 0.1) is 0 Å². The van der Waals surface area contributed by atoms with Crippen molar-refractivity contribution in [3.8, 4) is 5.75 Å². The van der Waals surface area contributed by atoms with Crippen LogP contribution in [-0.4, -0.2) is 18.6 Å². The van der Waals surface area contributed by atoms with E-state index in [2.05, 4.69) is 28.2 Å². The average Bonchev–Trinajstić information content (AvgIpc) is 2.37. The molecule has 0 aliphatic carbocycles. The lowest BCUT2D eigenvalue weighted by atomic mass is 10.2. The van der Waals surface area contributed by atoms with Crippen molar-refractivity contribution >= 4 is 21.8 Å². The van der Waals surface area contributed by atoms with Gasteiger partial charge in [0.1, 0.15) is 5.75 Å². The maximum absolute atomic E-state index is 11.7. The number of nitrogens with one attached hydrogen (secondary N) is 1. The fourth-order valence-corrected chi connectivity index (χ4v) is 1.77. The molecule has 1 atom stereocenters. The van der Waals surface area contributed by atoms with Crippen molar-refractivity contribution in [2.24, 2.45) is 0 Å². The third-order valence-electron chi connectivity index (χ3n) is 2.58. The van der Waals surface area contributed by atoms with Gasteiger partial charge in [-0.1, -0.05) is 35.7 Å². The second-order valence-electron chi connectivity index (χ2n) is 4.21. The molecule has 4 heteroatoms. The van der Waals surface area contributed by atoms with Crippen LogP contribution < -0.4 is 10.1 Å². The summed E-state index contributed by atoms with van der Waals surface area (Å²) in [5, 5.41) is 2.88. The van der Waals surface area contributed by atoms with Gasteiger partial charge in [0.15, 0.2) is 6.10 Å². The van der Waals surface area contributed by atoms with Crippen LogP contribution in [0.5, 0.6) is 5.75 Å². The van der Waals surface area contributed by atoms with Gasteiger partial charge in [-0.25, -0.2) is 0 Å². The topological polar surface area (TPSA) is 38.3 Å². The summed E-state index contributed by atoms with van der Waals surface area (Å²) in [5.74, 6) is 0.642. The number of halogens is 1. The van der Waals surface area contributed by atoms with Gasteiger partial charge < -0.3 is 10.1 Å². The Hall–Kier alpha value is -1.03. The smallest absolute Gasteiger partial charge is 0.260 e. The number of benzene rings is 1. The third-order valence-corrected chi connectivity index (χ3v) is 3.10. The average molecular weight is 314 g/mol. The van der Waals surface area contributed by atoms with Gasteiger partial charge in [-0.2, -0.15) is 0 Å². The van der Waals surface area contributed by atoms with Crippen molar-refractivity contribution in [3.05, 3.63) is 28.7 Å². The van der Waals surface area contributed by atoms with Gasteiger partial charge >= 0.3 is 0 Å². The van der Waals surface area contributed by atoms with Gasteiger partial charge in [-0.15, -0.1) is 0 Å². The molecule has 0 aromatic heterocycles. The summed E-state index contributed by atoms with van der Waals surface area (Å²) in [4.78, 5) is 11.7. The highest BCUT2D eigenvalue weighted by Gasteiger charge is 2.13. The fourth-order valence-electron chi connectivity index (χ4n) is 1.50. The van der Waals surface area contributed by atoms with Crippen LogP contribution in [0.15, 0.2) is 28.7 Å². The van der Waals surface area contributed by atoms with E-state index in [1.165, 1.54) is 0 Å². The normalized spacial score (nSPS) is 11.9. The Bertz CT molecular complexity index is 365. The van der Waals surface area contributed by atoms with Crippen molar-refractivity contribution < 1.29 is 9.53 Å². The minimum atomic E-state index is -0.465. The van der Waals surface area contributed by atoms with E-state index in [0.29, 0.717) is 5.75 Å². The molecular weight excluding hydrogens is 294 g/mol. The predicted octanol–water partition coefficient (Wildman–Crippen LogP) is 3.52. The predicted molar refractivity (Wildman–Crippen MR) is 76.8 cm³/mol. The standard InChI is InChI=1S/C14H20BrNO2/c1-3-4-5-10-16-14(17)11(2)18-13-8-6-12(15)7-9-13/h6-9,11H,3-5,10H2,1-2H3,(H,16,17). The molecule has 0 saturated heterocycles. The number of rotatable bonds is 7. The van der Waals surface area contributed by atoms with E-state index in [-0.39, 0.29) is 5.91 Å². The van der Waals surface area contributed by atoms with Crippen LogP contribution in [0.25, 0.3) is 0 Å². The van der Waals surface area contributed by atoms with Gasteiger partial charge in [0.25, 0.3) is 5.91 Å². The monoisotopic (exact) mass is 313 g/mol. The molecule has 0 radical (unpaired) electrons. The first-order valence-electron chi connectivity index (χ1n) is 6.33. The van der Waals surface area contributed by atoms with Gasteiger partial charge in [0.2, 0.25) is 0 Å². The van der Waals surface area contributed by atoms with Crippen LogP contribution in [0.4, 0.5) is 0 Å². The summed E-state index contributed by atoms with van der Waals surface area (Å²) in [7, 11) is 0. The summed E-state index contributed by atoms with van der Waals surface area (Å²) in [6, 6.07) is 7.46. The molecule has 0 bridgehead atoms. The largest absolute Gasteiger partial charge is 0.481 e. The first-order chi connectivity index (χ1) is 8.63. The molecule has 0 spiro atoms. The van der Waals surface area contributed by atoms with E-state index < -0.39 is 6.10 Å². The molecule has 3 nitrogen and oxygen atoms in total. The molecule has 0 aliphatic heterocycles. The molecule has 0 heterocycles. The molecule has 1 rings (SSSR count). The molecular formula is C14H20BrNO2. The van der Waals surface area contributed by atoms with Crippen LogP contribution >= 0.6 is 15.9 Å². The van der Waals surface area contributed by atoms with Crippen LogP contribution in [0.1, 0.15) is 33.1 Å². The molecule has 0 saturated carbocycles. The molecule has 1 unspecified atom stereocenters. The first kappa shape index (κ1) is 15.0. The number of unbranched alkanes of at least 4 members (excludes halogenated alkanes) is 2. The van der Waals surface area contributed by atoms with E-state index in [1.54, 1.807) is 6.92 Å². The second kappa shape index (κ2) is 8.14. The summed E-state index contributed by atoms with van der Waals surface area (Å²) in [6.07, 6.45) is 2.85. The number of carbonyl (C=O) groups excluding carboxylic acids is 1. The number of amides is 1. The maximum Gasteiger partial charge on any atom is 0.260 e. The van der Waals surface area contributed by atoms with Crippen molar-refractivity contribution in [2.45, 2.75) is 39.2 Å². The summed E-state index contributed by atoms with van der Waals surface area (Å²) >= 11 is 3.35. The lowest BCUT2D eigenvalue weighted by Crippen LogP contribution is -2.36. The van der Waals surface area contributed by atoms with Crippen molar-refractivity contribution in [3.63, 3.8) is 0 Å². The Kier molecular flexibility index (Phi) is 6.80. The summed E-state index contributed by atoms with van der Waals surface area (Å²) in [5.41, 5.74) is 0. The number of ether oxygens (including phenoxy) is 1. The highest BCUT2D eigenvalue weighted by atomic mass is 79.9. The molecule has 1 aromatic carbocycles. The Balaban J connectivity index is 2.33. The zero-order valence-electron chi connectivity index (χ0n) is 10.9. The molecule has 100 valence electrons. The minimum Gasteiger partial charge on any atom is -0.481 e. The van der Waals surface area contributed by atoms with Crippen molar-refractivity contribution in [1.82, 2.24) is 5.32 Å². The zero-order valence-corrected chi connectivity index (χ0v) is 12.5. The van der Waals surface area contributed by atoms with Gasteiger partial charge in [0, 0.05) is 11.0 Å². The summed E-state index contributed by atoms with van der Waals surface area (Å²) < 4.78 is 6.55. The molecule has 1 N–H and O–H groups in total. The number of hydrogen-bond acceptors (Lipinski definition) is 2. The fraction of sp³-hybridized carbons (Fsp3) is 0.500. The van der Waals surface area contributed by atoms with Crippen molar-refractivity contribution in [2.75, 3.05) is 6.54 Å². The van der Waals surface area contributed by atoms with Crippen LogP contribution in [0.2, 0.25) is 0 Å². The SMILES string of the molecule is CCCCCNC(=O)C(C)Oc1ccc(Br)cc1. The van der Waals surface area contributed by atoms with Crippen LogP contribution in [-0.2, 0) is 4.79 Å². The van der Waals surface area contributed by atoms with Gasteiger partial charge in [0.05, 0.1) is 0 Å². The third kappa shape index (κ3) is 5.54. The van der Waals surface area contributed by atoms with E-state index >= 15 is 0 Å². The van der Waals surface area contributed by atoms with Crippen molar-refractivity contribution in [1.29, 1.82) is 0 Å². The maximum atomic E-state index is 11.7. The van der Waals surface area contributed by atoms with Gasteiger partial charge in [-0.05, 0) is 37.6 Å². The Morgan fingerprint density at radius 1 is 1.33 bits per heavy atom. The van der Waals surface area contributed by atoms with E-state index in [0.717, 1.165) is 30.3 Å². The molecule has 1 aromatic rings. The van der Waals surface area contributed by atoms with Gasteiger partial charge in [-0.3, -0.25) is 4.79 Å². The number of carbonyl (C=O) groups is 1. The van der Waals surface area contributed by atoms with E-state index in [4.69, 9.17) is 4.74 Å². The zero-order chi connectivity index (χ0) is 13.4. The lowest BCUT2D eigenvalue weighted by Gasteiger charge is -2.14. The summed E-state index contributed by atoms with van der Waals surface area (Å²) in [6.45, 7) is 4.62. The highest BCUT2D eigenvalue weighted by molar-refractivity contribution is 9.10. The Morgan fingerprint density at radius 2 is 2.00 bits per heavy atom. The molecule has 0 fully saturated rings. The number of hydrogen-bond donors (Lipinski definition) is 1. The van der Waals surface area contributed by atoms with E-state index in [9.17, 15) is 4.79 Å². The second-order valence-corrected chi connectivity index (χ2v) is 5.13. The first-order valence-corrected chi connectivity index (χ1v) is 7.12. The van der Waals surface area contributed by atoms with E-state index in [1.807, 2.05) is 24.3 Å². The highest BCUT2D eigenvalue weighted by Crippen LogP contribution is 2.17. The Morgan fingerprint density at radius 3 is 2.61 bits per heavy atom. The van der Waals surface area contributed by atoms with Crippen LogP contribution in [0.3, 0.4) is 0 Å². The molecule has 18 heavy (non-hydrogen) atoms. The quantitative estimate of drug-likeness (QED) is 0.782. The molecule has 0 aliphatic rings. The lowest BCUT2D eigenvalue weighted by molar-refractivity contribution is -0.127. The minimum absolute atomic E-state index is 0.0611.